The predicted molar refractivity (Wildman–Crippen MR) is 187 cm³/mol. The lowest BCUT2D eigenvalue weighted by molar-refractivity contribution is 0.0118. The van der Waals surface area contributed by atoms with Gasteiger partial charge in [-0.05, 0) is 136 Å². The van der Waals surface area contributed by atoms with Gasteiger partial charge in [-0.15, -0.1) is 0 Å². The van der Waals surface area contributed by atoms with Crippen LogP contribution in [0.5, 0.6) is 0 Å². The van der Waals surface area contributed by atoms with Gasteiger partial charge in [-0.25, -0.2) is 9.59 Å². The van der Waals surface area contributed by atoms with Gasteiger partial charge in [0.25, 0.3) is 0 Å². The number of nitrogens with zero attached hydrogens (tertiary/aromatic N) is 2. The van der Waals surface area contributed by atoms with Crippen LogP contribution in [0, 0.1) is 28.6 Å². The zero-order valence-electron chi connectivity index (χ0n) is 32.3. The third kappa shape index (κ3) is 15.6. The maximum Gasteiger partial charge on any atom is 0.410 e. The number of aliphatic hydroxyl groups is 1. The first-order valence-corrected chi connectivity index (χ1v) is 17.2. The molecule has 2 heterocycles. The van der Waals surface area contributed by atoms with Crippen molar-refractivity contribution in [1.29, 1.82) is 0 Å². The largest absolute Gasteiger partial charge is 0.444 e. The monoisotopic (exact) mass is 637 g/mol. The second-order valence-electron chi connectivity index (χ2n) is 19.7. The first-order chi connectivity index (χ1) is 19.9. The molecule has 2 rings (SSSR count). The third-order valence-electron chi connectivity index (χ3n) is 8.33. The van der Waals surface area contributed by atoms with E-state index in [-0.39, 0.29) is 40.7 Å². The van der Waals surface area contributed by atoms with Gasteiger partial charge in [-0.1, -0.05) is 53.7 Å². The summed E-state index contributed by atoms with van der Waals surface area (Å²) in [4.78, 5) is 28.6. The molecule has 0 bridgehead atoms. The van der Waals surface area contributed by atoms with E-state index in [0.717, 1.165) is 51.6 Å². The SMILES string of the molecule is C=C(C[C@@H]1CN(C(=O)OC(C)(C)C)C(C)(C)C1)CC(C)(C)C.CC(C)(C)CC(CO)C[C@@H]1CN(C(=O)OC(C)(C)C)C(C)(C)C1. The van der Waals surface area contributed by atoms with Crippen LogP contribution in [-0.2, 0) is 9.47 Å². The van der Waals surface area contributed by atoms with E-state index in [9.17, 15) is 14.7 Å². The summed E-state index contributed by atoms with van der Waals surface area (Å²) < 4.78 is 11.1. The van der Waals surface area contributed by atoms with Crippen molar-refractivity contribution in [3.63, 3.8) is 0 Å². The lowest BCUT2D eigenvalue weighted by Gasteiger charge is -2.33. The topological polar surface area (TPSA) is 79.3 Å². The summed E-state index contributed by atoms with van der Waals surface area (Å²) in [7, 11) is 0. The van der Waals surface area contributed by atoms with Gasteiger partial charge in [-0.2, -0.15) is 0 Å². The third-order valence-corrected chi connectivity index (χ3v) is 8.33. The Labute approximate surface area is 277 Å². The van der Waals surface area contributed by atoms with Crippen molar-refractivity contribution < 1.29 is 24.2 Å². The van der Waals surface area contributed by atoms with E-state index >= 15 is 0 Å². The average Bonchev–Trinajstić information content (AvgIpc) is 3.22. The minimum atomic E-state index is -0.467. The van der Waals surface area contributed by atoms with E-state index in [1.165, 1.54) is 5.57 Å². The summed E-state index contributed by atoms with van der Waals surface area (Å²) in [5.74, 6) is 1.21. The number of aliphatic hydroxyl groups excluding tert-OH is 1. The van der Waals surface area contributed by atoms with Gasteiger partial charge in [0.15, 0.2) is 0 Å². The molecule has 0 aromatic heterocycles. The van der Waals surface area contributed by atoms with E-state index in [1.54, 1.807) is 0 Å². The van der Waals surface area contributed by atoms with E-state index < -0.39 is 11.2 Å². The van der Waals surface area contributed by atoms with E-state index in [4.69, 9.17) is 9.47 Å². The van der Waals surface area contributed by atoms with Gasteiger partial charge in [0, 0.05) is 30.8 Å². The maximum atomic E-state index is 12.5. The Bertz CT molecular complexity index is 988. The van der Waals surface area contributed by atoms with E-state index in [1.807, 2.05) is 51.3 Å². The van der Waals surface area contributed by atoms with Crippen LogP contribution in [0.4, 0.5) is 9.59 Å². The van der Waals surface area contributed by atoms with Crippen LogP contribution in [0.3, 0.4) is 0 Å². The highest BCUT2D eigenvalue weighted by molar-refractivity contribution is 5.70. The Morgan fingerprint density at radius 2 is 1.16 bits per heavy atom. The number of hydrogen-bond acceptors (Lipinski definition) is 5. The Morgan fingerprint density at radius 3 is 1.51 bits per heavy atom. The zero-order valence-corrected chi connectivity index (χ0v) is 32.3. The fourth-order valence-corrected chi connectivity index (χ4v) is 7.14. The number of allylic oxidation sites excluding steroid dienone is 1. The molecule has 0 saturated carbocycles. The standard InChI is InChI=1S/C19H37NO3.C19H35NO2/c1-17(2,3)10-15(13-21)9-14-11-19(7,8)20(12-14)16(22)23-18(4,5)6;1-14(11-17(2,3)4)10-15-12-19(8,9)20(13-15)16(21)22-18(5,6)7/h14-15,21H,9-13H2,1-8H3;15H,1,10-13H2,2-9H3/t14-,15?;15-/m00/s1. The Kier molecular flexibility index (Phi) is 13.7. The highest BCUT2D eigenvalue weighted by Gasteiger charge is 2.44. The number of hydrogen-bond donors (Lipinski definition) is 1. The molecule has 7 nitrogen and oxygen atoms in total. The summed E-state index contributed by atoms with van der Waals surface area (Å²) in [6, 6.07) is 0. The van der Waals surface area contributed by atoms with Crippen LogP contribution >= 0.6 is 0 Å². The smallest absolute Gasteiger partial charge is 0.410 e. The zero-order chi connectivity index (χ0) is 35.4. The van der Waals surface area contributed by atoms with Crippen LogP contribution in [-0.4, -0.2) is 69.1 Å². The molecule has 264 valence electrons. The van der Waals surface area contributed by atoms with Crippen molar-refractivity contribution in [3.8, 4) is 0 Å². The quantitative estimate of drug-likeness (QED) is 0.281. The number of likely N-dealkylation sites (tertiary alicyclic amines) is 2. The number of amides is 2. The summed E-state index contributed by atoms with van der Waals surface area (Å²) in [5.41, 5.74) is 0.539. The van der Waals surface area contributed by atoms with Gasteiger partial charge in [0.1, 0.15) is 11.2 Å². The molecule has 2 fully saturated rings. The molecule has 1 N–H and O–H groups in total. The molecule has 1 unspecified atom stereocenters. The summed E-state index contributed by atoms with van der Waals surface area (Å²) in [5, 5.41) is 9.70. The highest BCUT2D eigenvalue weighted by Crippen LogP contribution is 2.40. The maximum absolute atomic E-state index is 12.5. The summed E-state index contributed by atoms with van der Waals surface area (Å²) in [6.07, 6.45) is 5.57. The van der Waals surface area contributed by atoms with E-state index in [2.05, 4.69) is 75.8 Å². The lowest BCUT2D eigenvalue weighted by Crippen LogP contribution is -2.45. The van der Waals surface area contributed by atoms with Gasteiger partial charge in [-0.3, -0.25) is 0 Å². The van der Waals surface area contributed by atoms with Gasteiger partial charge in [0.05, 0.1) is 0 Å². The number of ether oxygens (including phenoxy) is 2. The Balaban J connectivity index is 0.000000450. The molecule has 0 spiro atoms. The van der Waals surface area contributed by atoms with Crippen LogP contribution < -0.4 is 0 Å². The van der Waals surface area contributed by atoms with Crippen molar-refractivity contribution >= 4 is 12.2 Å². The van der Waals surface area contributed by atoms with Crippen molar-refractivity contribution in [3.05, 3.63) is 12.2 Å². The van der Waals surface area contributed by atoms with Crippen LogP contribution in [0.15, 0.2) is 12.2 Å². The molecular weight excluding hydrogens is 564 g/mol. The molecule has 0 aliphatic carbocycles. The molecule has 2 aliphatic heterocycles. The van der Waals surface area contributed by atoms with Crippen molar-refractivity contribution in [2.45, 2.75) is 172 Å². The molecule has 0 aromatic carbocycles. The van der Waals surface area contributed by atoms with E-state index in [0.29, 0.717) is 17.8 Å². The molecule has 0 aromatic rings. The Hall–Kier alpha value is -1.76. The fraction of sp³-hybridized carbons (Fsp3) is 0.895. The van der Waals surface area contributed by atoms with Crippen molar-refractivity contribution in [2.24, 2.45) is 28.6 Å². The molecule has 0 radical (unpaired) electrons. The summed E-state index contributed by atoms with van der Waals surface area (Å²) >= 11 is 0. The van der Waals surface area contributed by atoms with Crippen molar-refractivity contribution in [2.75, 3.05) is 19.7 Å². The van der Waals surface area contributed by atoms with Crippen LogP contribution in [0.1, 0.15) is 149 Å². The van der Waals surface area contributed by atoms with Gasteiger partial charge in [0.2, 0.25) is 0 Å². The van der Waals surface area contributed by atoms with Crippen LogP contribution in [0.25, 0.3) is 0 Å². The van der Waals surface area contributed by atoms with Crippen molar-refractivity contribution in [1.82, 2.24) is 9.80 Å². The molecule has 7 heteroatoms. The molecule has 2 aliphatic rings. The lowest BCUT2D eigenvalue weighted by atomic mass is 9.80. The molecule has 2 amide bonds. The normalized spacial score (nSPS) is 22.4. The molecular formula is C38H72N2O5. The van der Waals surface area contributed by atoms with Crippen LogP contribution in [0.2, 0.25) is 0 Å². The molecule has 3 atom stereocenters. The van der Waals surface area contributed by atoms with Gasteiger partial charge >= 0.3 is 12.2 Å². The second kappa shape index (κ2) is 15.0. The number of carbonyl (C=O) groups excluding carboxylic acids is 2. The first kappa shape index (κ1) is 41.3. The second-order valence-corrected chi connectivity index (χ2v) is 19.7. The van der Waals surface area contributed by atoms with Gasteiger partial charge < -0.3 is 24.4 Å². The number of rotatable bonds is 7. The number of carbonyl (C=O) groups is 2. The highest BCUT2D eigenvalue weighted by atomic mass is 16.6. The molecule has 2 saturated heterocycles. The minimum Gasteiger partial charge on any atom is -0.444 e. The Morgan fingerprint density at radius 1 is 0.756 bits per heavy atom. The first-order valence-electron chi connectivity index (χ1n) is 17.2. The average molecular weight is 637 g/mol. The summed E-state index contributed by atoms with van der Waals surface area (Å²) in [6.45, 7) is 39.2. The fourth-order valence-electron chi connectivity index (χ4n) is 7.14. The predicted octanol–water partition coefficient (Wildman–Crippen LogP) is 9.86. The minimum absolute atomic E-state index is 0.144. The molecule has 45 heavy (non-hydrogen) atoms.